The van der Waals surface area contributed by atoms with Crippen LogP contribution in [0.3, 0.4) is 0 Å². The molecular weight excluding hydrogens is 395 g/mol. The Kier molecular flexibility index (Phi) is 6.64. The molecule has 0 saturated carbocycles. The number of carbonyl (C=O) groups is 1. The van der Waals surface area contributed by atoms with Crippen molar-refractivity contribution in [3.63, 3.8) is 0 Å². The van der Waals surface area contributed by atoms with Gasteiger partial charge in [0.25, 0.3) is 5.91 Å². The molecule has 0 spiro atoms. The molecule has 5 nitrogen and oxygen atoms in total. The molecule has 1 N–H and O–H groups in total. The minimum absolute atomic E-state index is 0.0551. The maximum Gasteiger partial charge on any atom is 0.263 e. The molecule has 0 aromatic heterocycles. The highest BCUT2D eigenvalue weighted by atomic mass is 19.2. The van der Waals surface area contributed by atoms with Crippen molar-refractivity contribution in [1.29, 1.82) is 0 Å². The van der Waals surface area contributed by atoms with Gasteiger partial charge in [-0.2, -0.15) is 0 Å². The van der Waals surface area contributed by atoms with Crippen LogP contribution in [0.1, 0.15) is 30.5 Å². The van der Waals surface area contributed by atoms with Crippen molar-refractivity contribution in [3.05, 3.63) is 58.7 Å². The molecule has 1 unspecified atom stereocenters. The average Bonchev–Trinajstić information content (AvgIpc) is 2.71. The molecule has 2 aromatic rings. The number of ether oxygens (including phenoxy) is 1. The Morgan fingerprint density at radius 3 is 2.73 bits per heavy atom. The number of hydrogen-bond donors (Lipinski definition) is 1. The molecule has 2 aromatic carbocycles. The Hall–Kier alpha value is -3.03. The van der Waals surface area contributed by atoms with Gasteiger partial charge in [0.15, 0.2) is 17.8 Å². The number of rotatable bonds is 6. The van der Waals surface area contributed by atoms with E-state index in [0.717, 1.165) is 11.6 Å². The SMILES string of the molecule is CCOc1c(C)cccc1N=C1NC(=O)C(F)CN1Cc1cc(F)c(F)c(CC)c1. The van der Waals surface area contributed by atoms with E-state index < -0.39 is 23.7 Å². The molecule has 30 heavy (non-hydrogen) atoms. The largest absolute Gasteiger partial charge is 0.491 e. The summed E-state index contributed by atoms with van der Waals surface area (Å²) in [5.74, 6) is -1.95. The summed E-state index contributed by atoms with van der Waals surface area (Å²) in [6.07, 6.45) is -1.44. The number of amides is 1. The molecule has 1 aliphatic rings. The van der Waals surface area contributed by atoms with E-state index in [-0.39, 0.29) is 24.6 Å². The van der Waals surface area contributed by atoms with Crippen LogP contribution < -0.4 is 10.1 Å². The molecule has 1 atom stereocenters. The molecule has 0 radical (unpaired) electrons. The molecule has 0 aliphatic carbocycles. The lowest BCUT2D eigenvalue weighted by Crippen LogP contribution is -2.55. The van der Waals surface area contributed by atoms with E-state index in [9.17, 15) is 18.0 Å². The third-order valence-corrected chi connectivity index (χ3v) is 4.82. The first-order chi connectivity index (χ1) is 14.3. The second-order valence-corrected chi connectivity index (χ2v) is 7.03. The van der Waals surface area contributed by atoms with Gasteiger partial charge in [0.1, 0.15) is 11.4 Å². The van der Waals surface area contributed by atoms with Gasteiger partial charge >= 0.3 is 0 Å². The van der Waals surface area contributed by atoms with Crippen LogP contribution in [0.15, 0.2) is 35.3 Å². The van der Waals surface area contributed by atoms with Gasteiger partial charge in [-0.25, -0.2) is 18.2 Å². The van der Waals surface area contributed by atoms with E-state index in [0.29, 0.717) is 30.0 Å². The zero-order valence-corrected chi connectivity index (χ0v) is 17.1. The molecule has 8 heteroatoms. The normalized spacial score (nSPS) is 17.9. The molecule has 1 aliphatic heterocycles. The smallest absolute Gasteiger partial charge is 0.263 e. The van der Waals surface area contributed by atoms with Gasteiger partial charge in [-0.1, -0.05) is 25.1 Å². The van der Waals surface area contributed by atoms with Crippen LogP contribution in [0.4, 0.5) is 18.9 Å². The Balaban J connectivity index is 1.98. The summed E-state index contributed by atoms with van der Waals surface area (Å²) in [6, 6.07) is 8.01. The molecular formula is C22H24F3N3O2. The van der Waals surface area contributed by atoms with Crippen LogP contribution in [-0.2, 0) is 17.8 Å². The summed E-state index contributed by atoms with van der Waals surface area (Å²) in [6.45, 7) is 5.68. The lowest BCUT2D eigenvalue weighted by molar-refractivity contribution is -0.126. The van der Waals surface area contributed by atoms with Gasteiger partial charge in [-0.3, -0.25) is 10.1 Å². The lowest BCUT2D eigenvalue weighted by Gasteiger charge is -2.32. The first kappa shape index (κ1) is 21.7. The van der Waals surface area contributed by atoms with Gasteiger partial charge in [0, 0.05) is 6.54 Å². The van der Waals surface area contributed by atoms with Gasteiger partial charge in [-0.15, -0.1) is 0 Å². The second kappa shape index (κ2) is 9.19. The van der Waals surface area contributed by atoms with Crippen molar-refractivity contribution in [3.8, 4) is 5.75 Å². The number of benzene rings is 2. The number of aliphatic imine (C=N–C) groups is 1. The fourth-order valence-electron chi connectivity index (χ4n) is 3.32. The number of guanidine groups is 1. The molecule has 1 fully saturated rings. The van der Waals surface area contributed by atoms with Gasteiger partial charge in [0.2, 0.25) is 5.96 Å². The minimum Gasteiger partial charge on any atom is -0.491 e. The standard InChI is InChI=1S/C22H24F3N3O2/c1-4-15-9-14(10-16(23)19(15)25)11-28-12-17(24)21(29)27-22(28)26-18-8-6-7-13(3)20(18)30-5-2/h6-10,17H,4-5,11-12H2,1-3H3,(H,26,27,29). The molecule has 160 valence electrons. The van der Waals surface area contributed by atoms with E-state index in [2.05, 4.69) is 10.3 Å². The van der Waals surface area contributed by atoms with E-state index in [4.69, 9.17) is 4.74 Å². The van der Waals surface area contributed by atoms with Gasteiger partial charge < -0.3 is 9.64 Å². The third-order valence-electron chi connectivity index (χ3n) is 4.82. The van der Waals surface area contributed by atoms with Gasteiger partial charge in [-0.05, 0) is 49.1 Å². The third kappa shape index (κ3) is 4.58. The lowest BCUT2D eigenvalue weighted by atomic mass is 10.1. The van der Waals surface area contributed by atoms with E-state index in [1.165, 1.54) is 11.0 Å². The highest BCUT2D eigenvalue weighted by Gasteiger charge is 2.31. The van der Waals surface area contributed by atoms with Gasteiger partial charge in [0.05, 0.1) is 13.2 Å². The van der Waals surface area contributed by atoms with Crippen molar-refractivity contribution in [2.45, 2.75) is 39.9 Å². The quantitative estimate of drug-likeness (QED) is 0.764. The fourth-order valence-corrected chi connectivity index (χ4v) is 3.32. The Bertz CT molecular complexity index is 978. The monoisotopic (exact) mass is 419 g/mol. The first-order valence-electron chi connectivity index (χ1n) is 9.81. The van der Waals surface area contributed by atoms with Crippen molar-refractivity contribution in [2.24, 2.45) is 4.99 Å². The summed E-state index contributed by atoms with van der Waals surface area (Å²) in [7, 11) is 0. The van der Waals surface area contributed by atoms with Crippen molar-refractivity contribution < 1.29 is 22.7 Å². The Morgan fingerprint density at radius 1 is 1.27 bits per heavy atom. The topological polar surface area (TPSA) is 53.9 Å². The van der Waals surface area contributed by atoms with E-state index in [1.807, 2.05) is 19.9 Å². The van der Waals surface area contributed by atoms with Crippen LogP contribution in [0.5, 0.6) is 5.75 Å². The first-order valence-corrected chi connectivity index (χ1v) is 9.81. The van der Waals surface area contributed by atoms with Crippen LogP contribution in [0.25, 0.3) is 0 Å². The number of nitrogens with zero attached hydrogens (tertiary/aromatic N) is 2. The zero-order valence-electron chi connectivity index (χ0n) is 17.1. The van der Waals surface area contributed by atoms with Crippen LogP contribution in [0.2, 0.25) is 0 Å². The fraction of sp³-hybridized carbons (Fsp3) is 0.364. The number of carbonyl (C=O) groups excluding carboxylic acids is 1. The van der Waals surface area contributed by atoms with E-state index in [1.54, 1.807) is 19.1 Å². The Morgan fingerprint density at radius 2 is 2.03 bits per heavy atom. The summed E-state index contributed by atoms with van der Waals surface area (Å²) in [4.78, 5) is 17.9. The highest BCUT2D eigenvalue weighted by molar-refractivity contribution is 6.02. The van der Waals surface area contributed by atoms with Crippen molar-refractivity contribution in [1.82, 2.24) is 10.2 Å². The predicted octanol–water partition coefficient (Wildman–Crippen LogP) is 4.19. The Labute approximate surface area is 173 Å². The second-order valence-electron chi connectivity index (χ2n) is 7.03. The highest BCUT2D eigenvalue weighted by Crippen LogP contribution is 2.31. The molecule has 1 amide bonds. The van der Waals surface area contributed by atoms with E-state index >= 15 is 0 Å². The van der Waals surface area contributed by atoms with Crippen molar-refractivity contribution >= 4 is 17.6 Å². The average molecular weight is 419 g/mol. The number of aryl methyl sites for hydroxylation is 2. The van der Waals surface area contributed by atoms with Crippen LogP contribution in [0, 0.1) is 18.6 Å². The maximum absolute atomic E-state index is 14.1. The van der Waals surface area contributed by atoms with Crippen LogP contribution >= 0.6 is 0 Å². The van der Waals surface area contributed by atoms with Crippen molar-refractivity contribution in [2.75, 3.05) is 13.2 Å². The molecule has 1 heterocycles. The molecule has 1 saturated heterocycles. The summed E-state index contributed by atoms with van der Waals surface area (Å²) in [5.41, 5.74) is 2.03. The number of nitrogens with one attached hydrogen (secondary N) is 1. The number of halogens is 3. The summed E-state index contributed by atoms with van der Waals surface area (Å²) in [5, 5.41) is 2.47. The number of hydrogen-bond acceptors (Lipinski definition) is 3. The molecule has 3 rings (SSSR count). The minimum atomic E-state index is -1.76. The number of para-hydroxylation sites is 1. The van der Waals surface area contributed by atoms with Crippen LogP contribution in [-0.4, -0.2) is 36.1 Å². The molecule has 0 bridgehead atoms. The maximum atomic E-state index is 14.1. The summed E-state index contributed by atoms with van der Waals surface area (Å²) >= 11 is 0. The number of alkyl halides is 1. The summed E-state index contributed by atoms with van der Waals surface area (Å²) < 4.78 is 47.6. The zero-order chi connectivity index (χ0) is 21.8. The predicted molar refractivity (Wildman–Crippen MR) is 109 cm³/mol.